The van der Waals surface area contributed by atoms with Crippen molar-refractivity contribution in [1.29, 1.82) is 0 Å². The van der Waals surface area contributed by atoms with Crippen LogP contribution in [0.25, 0.3) is 0 Å². The Morgan fingerprint density at radius 2 is 1.74 bits per heavy atom. The molecular formula is C20H24N2O3S2. The molecule has 1 aromatic heterocycles. The van der Waals surface area contributed by atoms with Crippen molar-refractivity contribution in [2.75, 3.05) is 19.6 Å². The molecule has 1 saturated heterocycles. The van der Waals surface area contributed by atoms with Gasteiger partial charge in [0.1, 0.15) is 0 Å². The lowest BCUT2D eigenvalue weighted by molar-refractivity contribution is 0.0679. The Hall–Kier alpha value is -1.70. The summed E-state index contributed by atoms with van der Waals surface area (Å²) >= 11 is 1.75. The number of piperidine rings is 1. The van der Waals surface area contributed by atoms with Crippen molar-refractivity contribution in [1.82, 2.24) is 9.21 Å². The third-order valence-corrected chi connectivity index (χ3v) is 8.50. The summed E-state index contributed by atoms with van der Waals surface area (Å²) in [5.41, 5.74) is 1.77. The molecule has 5 nitrogen and oxygen atoms in total. The fourth-order valence-electron chi connectivity index (χ4n) is 3.98. The van der Waals surface area contributed by atoms with Crippen LogP contribution in [0.3, 0.4) is 0 Å². The fourth-order valence-corrected chi connectivity index (χ4v) is 6.46. The van der Waals surface area contributed by atoms with E-state index in [4.69, 9.17) is 0 Å². The van der Waals surface area contributed by atoms with Gasteiger partial charge in [-0.15, -0.1) is 11.3 Å². The summed E-state index contributed by atoms with van der Waals surface area (Å²) in [6.45, 7) is 3.91. The quantitative estimate of drug-likeness (QED) is 0.784. The van der Waals surface area contributed by atoms with E-state index >= 15 is 0 Å². The molecule has 7 heteroatoms. The van der Waals surface area contributed by atoms with Crippen molar-refractivity contribution in [2.45, 2.75) is 43.5 Å². The summed E-state index contributed by atoms with van der Waals surface area (Å²) in [4.78, 5) is 16.5. The maximum absolute atomic E-state index is 13.0. The lowest BCUT2D eigenvalue weighted by Crippen LogP contribution is -2.38. The number of nitrogens with zero attached hydrogens (tertiary/aromatic N) is 2. The topological polar surface area (TPSA) is 57.7 Å². The molecular weight excluding hydrogens is 380 g/mol. The zero-order chi connectivity index (χ0) is 19.0. The van der Waals surface area contributed by atoms with E-state index in [2.05, 4.69) is 18.4 Å². The minimum atomic E-state index is -3.46. The van der Waals surface area contributed by atoms with Gasteiger partial charge in [-0.2, -0.15) is 4.31 Å². The van der Waals surface area contributed by atoms with Crippen molar-refractivity contribution in [3.05, 3.63) is 51.7 Å². The average molecular weight is 405 g/mol. The van der Waals surface area contributed by atoms with Gasteiger partial charge in [-0.3, -0.25) is 4.79 Å². The summed E-state index contributed by atoms with van der Waals surface area (Å²) in [6.07, 6.45) is 3.78. The van der Waals surface area contributed by atoms with Crippen molar-refractivity contribution < 1.29 is 13.2 Å². The minimum absolute atomic E-state index is 0.0405. The van der Waals surface area contributed by atoms with E-state index in [9.17, 15) is 13.2 Å². The van der Waals surface area contributed by atoms with Crippen molar-refractivity contribution in [3.63, 3.8) is 0 Å². The second-order valence-electron chi connectivity index (χ2n) is 7.21. The standard InChI is InChI=1S/C20H24N2O3S2/c1-15-18-10-14-26-19(18)9-13-22(15)20(23)16-5-7-17(8-6-16)27(24,25)21-11-3-2-4-12-21/h5-8,10,14-15H,2-4,9,11-13H2,1H3/t15-/m0/s1. The molecule has 3 heterocycles. The summed E-state index contributed by atoms with van der Waals surface area (Å²) in [5.74, 6) is -0.0405. The first-order valence-electron chi connectivity index (χ1n) is 9.46. The van der Waals surface area contributed by atoms with E-state index in [0.717, 1.165) is 25.7 Å². The third kappa shape index (κ3) is 3.44. The van der Waals surface area contributed by atoms with Crippen molar-refractivity contribution >= 4 is 27.3 Å². The Kier molecular flexibility index (Phi) is 5.09. The van der Waals surface area contributed by atoms with Crippen LogP contribution in [-0.2, 0) is 16.4 Å². The molecule has 1 aromatic carbocycles. The Morgan fingerprint density at radius 3 is 2.44 bits per heavy atom. The van der Waals surface area contributed by atoms with Crippen LogP contribution < -0.4 is 0 Å². The van der Waals surface area contributed by atoms with Gasteiger partial charge in [0.05, 0.1) is 10.9 Å². The lowest BCUT2D eigenvalue weighted by Gasteiger charge is -2.33. The second-order valence-corrected chi connectivity index (χ2v) is 10.2. The molecule has 0 saturated carbocycles. The first-order chi connectivity index (χ1) is 13.0. The average Bonchev–Trinajstić information content (AvgIpc) is 3.18. The highest BCUT2D eigenvalue weighted by Crippen LogP contribution is 2.33. The van der Waals surface area contributed by atoms with E-state index in [1.807, 2.05) is 4.90 Å². The predicted molar refractivity (Wildman–Crippen MR) is 107 cm³/mol. The van der Waals surface area contributed by atoms with Gasteiger partial charge in [0.25, 0.3) is 5.91 Å². The van der Waals surface area contributed by atoms with Crippen molar-refractivity contribution in [3.8, 4) is 0 Å². The summed E-state index contributed by atoms with van der Waals surface area (Å²) in [6, 6.07) is 8.58. The molecule has 0 bridgehead atoms. The number of thiophene rings is 1. The van der Waals surface area contributed by atoms with E-state index in [1.54, 1.807) is 39.9 Å². The van der Waals surface area contributed by atoms with Gasteiger partial charge >= 0.3 is 0 Å². The number of carbonyl (C=O) groups is 1. The maximum atomic E-state index is 13.0. The van der Waals surface area contributed by atoms with E-state index in [0.29, 0.717) is 25.2 Å². The van der Waals surface area contributed by atoms with E-state index in [1.165, 1.54) is 10.4 Å². The number of hydrogen-bond acceptors (Lipinski definition) is 4. The minimum Gasteiger partial charge on any atom is -0.331 e. The first kappa shape index (κ1) is 18.7. The van der Waals surface area contributed by atoms with Gasteiger partial charge in [-0.1, -0.05) is 6.42 Å². The Labute approximate surface area is 164 Å². The molecule has 0 aliphatic carbocycles. The summed E-state index contributed by atoms with van der Waals surface area (Å²) in [5, 5.41) is 2.08. The van der Waals surface area contributed by atoms with Gasteiger partial charge in [0.2, 0.25) is 10.0 Å². The molecule has 144 valence electrons. The highest BCUT2D eigenvalue weighted by Gasteiger charge is 2.30. The molecule has 27 heavy (non-hydrogen) atoms. The number of carbonyl (C=O) groups excluding carboxylic acids is 1. The fraction of sp³-hybridized carbons (Fsp3) is 0.450. The van der Waals surface area contributed by atoms with Crippen LogP contribution in [0.15, 0.2) is 40.6 Å². The Morgan fingerprint density at radius 1 is 1.04 bits per heavy atom. The van der Waals surface area contributed by atoms with Gasteiger partial charge in [0, 0.05) is 30.1 Å². The highest BCUT2D eigenvalue weighted by atomic mass is 32.2. The second kappa shape index (κ2) is 7.37. The number of benzene rings is 1. The molecule has 0 N–H and O–H groups in total. The monoisotopic (exact) mass is 404 g/mol. The predicted octanol–water partition coefficient (Wildman–Crippen LogP) is 3.68. The van der Waals surface area contributed by atoms with Crippen LogP contribution in [0.5, 0.6) is 0 Å². The molecule has 2 aromatic rings. The third-order valence-electron chi connectivity index (χ3n) is 5.59. The van der Waals surface area contributed by atoms with E-state index < -0.39 is 10.0 Å². The van der Waals surface area contributed by atoms with Gasteiger partial charge in [-0.25, -0.2) is 8.42 Å². The molecule has 4 rings (SSSR count). The maximum Gasteiger partial charge on any atom is 0.254 e. The Bertz CT molecular complexity index is 928. The van der Waals surface area contributed by atoms with Crippen LogP contribution in [-0.4, -0.2) is 43.2 Å². The number of amides is 1. The van der Waals surface area contributed by atoms with Crippen molar-refractivity contribution in [2.24, 2.45) is 0 Å². The number of fused-ring (bicyclic) bond motifs is 1. The van der Waals surface area contributed by atoms with Crippen LogP contribution in [0.4, 0.5) is 0 Å². The van der Waals surface area contributed by atoms with E-state index in [-0.39, 0.29) is 16.8 Å². The largest absolute Gasteiger partial charge is 0.331 e. The molecule has 0 unspecified atom stereocenters. The molecule has 1 amide bonds. The Balaban J connectivity index is 1.53. The van der Waals surface area contributed by atoms with Gasteiger partial charge in [-0.05, 0) is 67.5 Å². The van der Waals surface area contributed by atoms with Gasteiger partial charge < -0.3 is 4.90 Å². The first-order valence-corrected chi connectivity index (χ1v) is 11.8. The van der Waals surface area contributed by atoms with Crippen LogP contribution in [0, 0.1) is 0 Å². The van der Waals surface area contributed by atoms with Crippen LogP contribution in [0.1, 0.15) is 53.0 Å². The zero-order valence-corrected chi connectivity index (χ0v) is 17.1. The summed E-state index contributed by atoms with van der Waals surface area (Å²) in [7, 11) is -3.46. The summed E-state index contributed by atoms with van der Waals surface area (Å²) < 4.78 is 27.1. The highest BCUT2D eigenvalue weighted by molar-refractivity contribution is 7.89. The molecule has 0 radical (unpaired) electrons. The van der Waals surface area contributed by atoms with Gasteiger partial charge in [0.15, 0.2) is 0 Å². The lowest BCUT2D eigenvalue weighted by atomic mass is 10.0. The molecule has 2 aliphatic heterocycles. The molecule has 1 fully saturated rings. The number of hydrogen-bond donors (Lipinski definition) is 0. The zero-order valence-electron chi connectivity index (χ0n) is 15.4. The molecule has 0 spiro atoms. The number of rotatable bonds is 3. The van der Waals surface area contributed by atoms with Crippen LogP contribution >= 0.6 is 11.3 Å². The SMILES string of the molecule is C[C@H]1c2ccsc2CCN1C(=O)c1ccc(S(=O)(=O)N2CCCCC2)cc1. The number of sulfonamides is 1. The molecule has 2 aliphatic rings. The molecule has 1 atom stereocenters. The smallest absolute Gasteiger partial charge is 0.254 e. The van der Waals surface area contributed by atoms with Crippen LogP contribution in [0.2, 0.25) is 0 Å². The normalized spacial score (nSPS) is 21.1.